The molecule has 0 saturated heterocycles. The Morgan fingerprint density at radius 3 is 1.70 bits per heavy atom. The summed E-state index contributed by atoms with van der Waals surface area (Å²) in [6, 6.07) is 0. The molecule has 0 aliphatic carbocycles. The van der Waals surface area contributed by atoms with Crippen LogP contribution in [0.25, 0.3) is 0 Å². The van der Waals surface area contributed by atoms with Gasteiger partial charge in [0.2, 0.25) is 0 Å². The molecule has 1 N–H and O–H groups in total. The third kappa shape index (κ3) is 18.1. The van der Waals surface area contributed by atoms with E-state index in [0.717, 1.165) is 38.5 Å². The first kappa shape index (κ1) is 26.7. The van der Waals surface area contributed by atoms with E-state index in [-0.39, 0.29) is 57.5 Å². The molecule has 0 aromatic rings. The van der Waals surface area contributed by atoms with E-state index in [2.05, 4.69) is 6.92 Å². The molecule has 0 aromatic carbocycles. The van der Waals surface area contributed by atoms with Crippen LogP contribution in [0, 0.1) is 0 Å². The molecular weight excluding hydrogens is 339 g/mol. The van der Waals surface area contributed by atoms with Crippen molar-refractivity contribution >= 4 is 10.1 Å². The van der Waals surface area contributed by atoms with Gasteiger partial charge < -0.3 is 9.66 Å². The predicted octanol–water partition coefficient (Wildman–Crippen LogP) is 1.38. The van der Waals surface area contributed by atoms with Gasteiger partial charge in [-0.25, -0.2) is 8.42 Å². The number of rotatable bonds is 15. The molecular formula is C17H35KO4S. The largest absolute Gasteiger partial charge is 1.00 e. The molecule has 0 amide bonds. The van der Waals surface area contributed by atoms with Crippen molar-refractivity contribution in [3.05, 3.63) is 0 Å². The van der Waals surface area contributed by atoms with Crippen molar-refractivity contribution in [3.8, 4) is 0 Å². The van der Waals surface area contributed by atoms with Gasteiger partial charge in [0, 0.05) is 5.25 Å². The SMILES string of the molecule is CCCCCCCCCC(O)CCCCCC(C)S(=O)(=O)[O-].[K+]. The number of hydrogen-bond donors (Lipinski definition) is 1. The number of aliphatic hydroxyl groups excluding tert-OH is 1. The zero-order chi connectivity index (χ0) is 16.8. The molecule has 0 saturated carbocycles. The maximum atomic E-state index is 10.7. The normalized spacial score (nSPS) is 14.3. The van der Waals surface area contributed by atoms with Crippen LogP contribution in [-0.2, 0) is 10.1 Å². The molecule has 0 rings (SSSR count). The van der Waals surface area contributed by atoms with Crippen LogP contribution in [0.2, 0.25) is 0 Å². The second kappa shape index (κ2) is 16.9. The fraction of sp³-hybridized carbons (Fsp3) is 1.00. The van der Waals surface area contributed by atoms with Gasteiger partial charge in [-0.15, -0.1) is 0 Å². The second-order valence-electron chi connectivity index (χ2n) is 6.51. The summed E-state index contributed by atoms with van der Waals surface area (Å²) in [5.74, 6) is 0. The Morgan fingerprint density at radius 1 is 0.826 bits per heavy atom. The molecule has 0 radical (unpaired) electrons. The topological polar surface area (TPSA) is 77.4 Å². The van der Waals surface area contributed by atoms with Gasteiger partial charge in [0.1, 0.15) is 0 Å². The van der Waals surface area contributed by atoms with Crippen LogP contribution < -0.4 is 51.4 Å². The van der Waals surface area contributed by atoms with E-state index < -0.39 is 15.4 Å². The zero-order valence-corrected chi connectivity index (χ0v) is 19.4. The van der Waals surface area contributed by atoms with Crippen LogP contribution >= 0.6 is 0 Å². The van der Waals surface area contributed by atoms with E-state index >= 15 is 0 Å². The number of aliphatic hydroxyl groups is 1. The van der Waals surface area contributed by atoms with Crippen LogP contribution in [0.3, 0.4) is 0 Å². The van der Waals surface area contributed by atoms with Crippen LogP contribution in [0.1, 0.15) is 97.3 Å². The molecule has 6 heteroatoms. The number of hydrogen-bond acceptors (Lipinski definition) is 4. The molecule has 0 heterocycles. The summed E-state index contributed by atoms with van der Waals surface area (Å²) in [7, 11) is -4.13. The minimum absolute atomic E-state index is 0. The van der Waals surface area contributed by atoms with Crippen molar-refractivity contribution in [1.82, 2.24) is 0 Å². The van der Waals surface area contributed by atoms with Crippen molar-refractivity contribution in [3.63, 3.8) is 0 Å². The van der Waals surface area contributed by atoms with Gasteiger partial charge in [-0.3, -0.25) is 0 Å². The van der Waals surface area contributed by atoms with Gasteiger partial charge in [-0.05, 0) is 26.2 Å². The molecule has 0 spiro atoms. The van der Waals surface area contributed by atoms with Gasteiger partial charge in [0.25, 0.3) is 0 Å². The average molecular weight is 375 g/mol. The summed E-state index contributed by atoms with van der Waals surface area (Å²) in [6.45, 7) is 3.69. The number of unbranched alkanes of at least 4 members (excludes halogenated alkanes) is 8. The first-order valence-electron chi connectivity index (χ1n) is 9.00. The summed E-state index contributed by atoms with van der Waals surface area (Å²) < 4.78 is 32.2. The summed E-state index contributed by atoms with van der Waals surface area (Å²) in [6.07, 6.45) is 13.2. The van der Waals surface area contributed by atoms with Gasteiger partial charge in [-0.2, -0.15) is 0 Å². The third-order valence-electron chi connectivity index (χ3n) is 4.28. The molecule has 23 heavy (non-hydrogen) atoms. The molecule has 4 nitrogen and oxygen atoms in total. The maximum absolute atomic E-state index is 10.7. The zero-order valence-electron chi connectivity index (χ0n) is 15.4. The summed E-state index contributed by atoms with van der Waals surface area (Å²) >= 11 is 0. The minimum Gasteiger partial charge on any atom is -0.748 e. The van der Waals surface area contributed by atoms with E-state index in [9.17, 15) is 18.1 Å². The quantitative estimate of drug-likeness (QED) is 0.267. The smallest absolute Gasteiger partial charge is 0.748 e. The van der Waals surface area contributed by atoms with Crippen molar-refractivity contribution < 1.29 is 69.5 Å². The maximum Gasteiger partial charge on any atom is 1.00 e. The summed E-state index contributed by atoms with van der Waals surface area (Å²) in [5, 5.41) is 9.09. The van der Waals surface area contributed by atoms with Crippen LogP contribution in [0.4, 0.5) is 0 Å². The van der Waals surface area contributed by atoms with Gasteiger partial charge in [-0.1, -0.05) is 71.1 Å². The molecule has 0 fully saturated rings. The van der Waals surface area contributed by atoms with Crippen molar-refractivity contribution in [1.29, 1.82) is 0 Å². The Hall–Kier alpha value is 1.51. The average Bonchev–Trinajstić information content (AvgIpc) is 2.44. The minimum atomic E-state index is -4.13. The monoisotopic (exact) mass is 374 g/mol. The third-order valence-corrected chi connectivity index (χ3v) is 5.50. The first-order valence-corrected chi connectivity index (χ1v) is 10.5. The molecule has 0 bridgehead atoms. The predicted molar refractivity (Wildman–Crippen MR) is 90.9 cm³/mol. The van der Waals surface area contributed by atoms with Crippen LogP contribution in [0.5, 0.6) is 0 Å². The Morgan fingerprint density at radius 2 is 1.22 bits per heavy atom. The second-order valence-corrected chi connectivity index (χ2v) is 8.30. The molecule has 2 unspecified atom stereocenters. The van der Waals surface area contributed by atoms with E-state index in [0.29, 0.717) is 6.42 Å². The summed E-state index contributed by atoms with van der Waals surface area (Å²) in [5.41, 5.74) is 0. The first-order chi connectivity index (χ1) is 10.4. The van der Waals surface area contributed by atoms with Gasteiger partial charge >= 0.3 is 51.4 Å². The molecule has 0 aliphatic heterocycles. The van der Waals surface area contributed by atoms with Gasteiger partial charge in [0.05, 0.1) is 16.2 Å². The van der Waals surface area contributed by atoms with Crippen molar-refractivity contribution in [2.24, 2.45) is 0 Å². The fourth-order valence-electron chi connectivity index (χ4n) is 2.61. The molecule has 2 atom stereocenters. The Bertz CT molecular complexity index is 347. The van der Waals surface area contributed by atoms with E-state index in [1.165, 1.54) is 45.4 Å². The Labute approximate surface area is 186 Å². The van der Waals surface area contributed by atoms with Crippen molar-refractivity contribution in [2.45, 2.75) is 109 Å². The fourth-order valence-corrected chi connectivity index (χ4v) is 3.07. The van der Waals surface area contributed by atoms with E-state index in [1.807, 2.05) is 0 Å². The molecule has 0 aliphatic rings. The van der Waals surface area contributed by atoms with E-state index in [1.54, 1.807) is 0 Å². The standard InChI is InChI=1S/C17H36O4S.K/c1-3-4-5-6-7-8-11-14-17(18)15-12-9-10-13-16(2)22(19,20)21;/h16-18H,3-15H2,1-2H3,(H,19,20,21);/q;+1/p-1. The Balaban J connectivity index is 0. The van der Waals surface area contributed by atoms with Crippen molar-refractivity contribution in [2.75, 3.05) is 0 Å². The molecule has 134 valence electrons. The van der Waals surface area contributed by atoms with Gasteiger partial charge in [0.15, 0.2) is 0 Å². The van der Waals surface area contributed by atoms with E-state index in [4.69, 9.17) is 0 Å². The van der Waals surface area contributed by atoms with Crippen LogP contribution in [0.15, 0.2) is 0 Å². The summed E-state index contributed by atoms with van der Waals surface area (Å²) in [4.78, 5) is 0. The Kier molecular flexibility index (Phi) is 19.7. The van der Waals surface area contributed by atoms with Crippen LogP contribution in [-0.4, -0.2) is 29.4 Å². The molecule has 0 aromatic heterocycles.